The monoisotopic (exact) mass is 302 g/mol. The molecule has 0 aliphatic heterocycles. The first-order valence-electron chi connectivity index (χ1n) is 8.69. The van der Waals surface area contributed by atoms with Gasteiger partial charge >= 0.3 is 0 Å². The number of aryl methyl sites for hydroxylation is 1. The molecule has 1 aromatic rings. The van der Waals surface area contributed by atoms with Crippen molar-refractivity contribution < 1.29 is 4.79 Å². The van der Waals surface area contributed by atoms with E-state index in [4.69, 9.17) is 0 Å². The molecule has 122 valence electrons. The predicted molar refractivity (Wildman–Crippen MR) is 91.8 cm³/mol. The molecule has 3 heteroatoms. The molecule has 22 heavy (non-hydrogen) atoms. The first kappa shape index (κ1) is 17.0. The van der Waals surface area contributed by atoms with E-state index in [1.54, 1.807) is 0 Å². The summed E-state index contributed by atoms with van der Waals surface area (Å²) in [5, 5.41) is 6.60. The molecule has 0 aromatic heterocycles. The minimum atomic E-state index is 0.129. The molecule has 2 rings (SSSR count). The lowest BCUT2D eigenvalue weighted by atomic mass is 9.86. The summed E-state index contributed by atoms with van der Waals surface area (Å²) in [6.07, 6.45) is 5.89. The zero-order chi connectivity index (χ0) is 15.9. The fourth-order valence-corrected chi connectivity index (χ4v) is 3.30. The average Bonchev–Trinajstić information content (AvgIpc) is 2.52. The molecule has 2 N–H and O–H groups in total. The molecule has 0 radical (unpaired) electrons. The van der Waals surface area contributed by atoms with Crippen molar-refractivity contribution in [2.75, 3.05) is 6.54 Å². The van der Waals surface area contributed by atoms with Gasteiger partial charge in [0.15, 0.2) is 0 Å². The maximum Gasteiger partial charge on any atom is 0.234 e. The lowest BCUT2D eigenvalue weighted by Crippen LogP contribution is -2.45. The van der Waals surface area contributed by atoms with Crippen molar-refractivity contribution in [2.24, 2.45) is 5.92 Å². The highest BCUT2D eigenvalue weighted by molar-refractivity contribution is 5.78. The molecule has 3 nitrogen and oxygen atoms in total. The quantitative estimate of drug-likeness (QED) is 0.840. The van der Waals surface area contributed by atoms with Gasteiger partial charge in [0.2, 0.25) is 5.91 Å². The zero-order valence-electron chi connectivity index (χ0n) is 14.2. The number of carbonyl (C=O) groups excluding carboxylic acids is 1. The normalized spacial score (nSPS) is 23.0. The van der Waals surface area contributed by atoms with Gasteiger partial charge in [-0.15, -0.1) is 0 Å². The van der Waals surface area contributed by atoms with E-state index in [-0.39, 0.29) is 11.9 Å². The molecule has 0 saturated heterocycles. The van der Waals surface area contributed by atoms with Crippen LogP contribution < -0.4 is 10.6 Å². The van der Waals surface area contributed by atoms with Gasteiger partial charge in [0.05, 0.1) is 6.54 Å². The van der Waals surface area contributed by atoms with Crippen LogP contribution >= 0.6 is 0 Å². The van der Waals surface area contributed by atoms with Gasteiger partial charge < -0.3 is 10.6 Å². The lowest BCUT2D eigenvalue weighted by molar-refractivity contribution is -0.121. The van der Waals surface area contributed by atoms with Gasteiger partial charge in [0.25, 0.3) is 0 Å². The number of rotatable bonds is 6. The molecule has 0 bridgehead atoms. The second-order valence-electron chi connectivity index (χ2n) is 6.69. The Hall–Kier alpha value is -1.35. The summed E-state index contributed by atoms with van der Waals surface area (Å²) in [5.41, 5.74) is 2.52. The Labute approximate surface area is 134 Å². The fourth-order valence-electron chi connectivity index (χ4n) is 3.30. The van der Waals surface area contributed by atoms with Crippen LogP contribution in [0.2, 0.25) is 0 Å². The smallest absolute Gasteiger partial charge is 0.234 e. The van der Waals surface area contributed by atoms with E-state index >= 15 is 0 Å². The summed E-state index contributed by atoms with van der Waals surface area (Å²) in [6, 6.07) is 9.17. The van der Waals surface area contributed by atoms with Crippen molar-refractivity contribution in [1.82, 2.24) is 10.6 Å². The van der Waals surface area contributed by atoms with Crippen molar-refractivity contribution in [1.29, 1.82) is 0 Å². The highest BCUT2D eigenvalue weighted by atomic mass is 16.2. The fraction of sp³-hybridized carbons (Fsp3) is 0.632. The van der Waals surface area contributed by atoms with E-state index < -0.39 is 0 Å². The van der Waals surface area contributed by atoms with Crippen molar-refractivity contribution in [3.05, 3.63) is 35.4 Å². The van der Waals surface area contributed by atoms with Gasteiger partial charge in [0.1, 0.15) is 0 Å². The molecule has 1 saturated carbocycles. The van der Waals surface area contributed by atoms with E-state index in [1.165, 1.54) is 30.4 Å². The van der Waals surface area contributed by atoms with Gasteiger partial charge in [-0.25, -0.2) is 0 Å². The Morgan fingerprint density at radius 3 is 2.55 bits per heavy atom. The first-order valence-corrected chi connectivity index (χ1v) is 8.69. The third-order valence-corrected chi connectivity index (χ3v) is 4.85. The van der Waals surface area contributed by atoms with Gasteiger partial charge in [-0.1, -0.05) is 56.5 Å². The Morgan fingerprint density at radius 2 is 1.91 bits per heavy atom. The molecule has 1 aliphatic carbocycles. The van der Waals surface area contributed by atoms with Gasteiger partial charge in [-0.2, -0.15) is 0 Å². The third-order valence-electron chi connectivity index (χ3n) is 4.85. The van der Waals surface area contributed by atoms with E-state index in [0.717, 1.165) is 12.8 Å². The van der Waals surface area contributed by atoms with Crippen molar-refractivity contribution in [2.45, 2.75) is 65.0 Å². The average molecular weight is 302 g/mol. The third kappa shape index (κ3) is 4.84. The second-order valence-corrected chi connectivity index (χ2v) is 6.69. The number of nitrogens with one attached hydrogen (secondary N) is 2. The maximum absolute atomic E-state index is 12.2. The standard InChI is InChI=1S/C19H30N2O/c1-4-17(16-11-9-14(2)10-12-16)20-13-19(22)21-18-8-6-5-7-15(18)3/h9-12,15,17-18,20H,4-8,13H2,1-3H3,(H,21,22)/t15-,17-,18+/m0/s1. The first-order chi connectivity index (χ1) is 10.6. The topological polar surface area (TPSA) is 41.1 Å². The van der Waals surface area contributed by atoms with Crippen LogP contribution in [-0.2, 0) is 4.79 Å². The highest BCUT2D eigenvalue weighted by Crippen LogP contribution is 2.23. The van der Waals surface area contributed by atoms with Crippen LogP contribution in [0.5, 0.6) is 0 Å². The van der Waals surface area contributed by atoms with E-state index in [9.17, 15) is 4.79 Å². The SMILES string of the molecule is CC[C@H](NCC(=O)N[C@@H]1CCCC[C@@H]1C)c1ccc(C)cc1. The zero-order valence-corrected chi connectivity index (χ0v) is 14.2. The van der Waals surface area contributed by atoms with Crippen LogP contribution in [0.4, 0.5) is 0 Å². The Kier molecular flexibility index (Phi) is 6.44. The van der Waals surface area contributed by atoms with E-state index in [0.29, 0.717) is 18.5 Å². The Balaban J connectivity index is 1.82. The summed E-state index contributed by atoms with van der Waals surface area (Å²) in [4.78, 5) is 12.2. The molecule has 0 heterocycles. The summed E-state index contributed by atoms with van der Waals surface area (Å²) < 4.78 is 0. The van der Waals surface area contributed by atoms with Crippen molar-refractivity contribution in [3.8, 4) is 0 Å². The number of hydrogen-bond donors (Lipinski definition) is 2. The van der Waals surface area contributed by atoms with Gasteiger partial charge in [-0.05, 0) is 37.7 Å². The second kappa shape index (κ2) is 8.33. The number of hydrogen-bond acceptors (Lipinski definition) is 2. The van der Waals surface area contributed by atoms with Crippen LogP contribution in [-0.4, -0.2) is 18.5 Å². The largest absolute Gasteiger partial charge is 0.352 e. The van der Waals surface area contributed by atoms with Crippen LogP contribution in [0.25, 0.3) is 0 Å². The molecule has 0 unspecified atom stereocenters. The molecule has 0 spiro atoms. The highest BCUT2D eigenvalue weighted by Gasteiger charge is 2.22. The molecule has 1 aromatic carbocycles. The lowest BCUT2D eigenvalue weighted by Gasteiger charge is -2.29. The summed E-state index contributed by atoms with van der Waals surface area (Å²) in [5.74, 6) is 0.737. The summed E-state index contributed by atoms with van der Waals surface area (Å²) >= 11 is 0. The number of benzene rings is 1. The number of amides is 1. The number of carbonyl (C=O) groups is 1. The van der Waals surface area contributed by atoms with E-state index in [1.807, 2.05) is 0 Å². The molecule has 1 aliphatic rings. The summed E-state index contributed by atoms with van der Waals surface area (Å²) in [7, 11) is 0. The van der Waals surface area contributed by atoms with Gasteiger partial charge in [0, 0.05) is 12.1 Å². The predicted octanol–water partition coefficient (Wildman–Crippen LogP) is 3.73. The minimum Gasteiger partial charge on any atom is -0.352 e. The van der Waals surface area contributed by atoms with Crippen LogP contribution in [0.15, 0.2) is 24.3 Å². The molecule has 1 amide bonds. The van der Waals surface area contributed by atoms with E-state index in [2.05, 4.69) is 55.7 Å². The maximum atomic E-state index is 12.2. The van der Waals surface area contributed by atoms with Crippen LogP contribution in [0.1, 0.15) is 63.1 Å². The Morgan fingerprint density at radius 1 is 1.23 bits per heavy atom. The van der Waals surface area contributed by atoms with Crippen molar-refractivity contribution in [3.63, 3.8) is 0 Å². The molecular formula is C19H30N2O. The molecular weight excluding hydrogens is 272 g/mol. The van der Waals surface area contributed by atoms with Gasteiger partial charge in [-0.3, -0.25) is 4.79 Å². The van der Waals surface area contributed by atoms with Crippen molar-refractivity contribution >= 4 is 5.91 Å². The van der Waals surface area contributed by atoms with Crippen LogP contribution in [0, 0.1) is 12.8 Å². The van der Waals surface area contributed by atoms with Crippen LogP contribution in [0.3, 0.4) is 0 Å². The summed E-state index contributed by atoms with van der Waals surface area (Å²) in [6.45, 7) is 6.89. The minimum absolute atomic E-state index is 0.129. The molecule has 3 atom stereocenters. The molecule has 1 fully saturated rings. The Bertz CT molecular complexity index is 469.